The van der Waals surface area contributed by atoms with E-state index >= 15 is 0 Å². The molecule has 2 saturated heterocycles. The Bertz CT molecular complexity index is 929. The van der Waals surface area contributed by atoms with E-state index in [9.17, 15) is 0 Å². The van der Waals surface area contributed by atoms with Gasteiger partial charge in [0.05, 0.1) is 6.61 Å². The quantitative estimate of drug-likeness (QED) is 0.397. The summed E-state index contributed by atoms with van der Waals surface area (Å²) in [6.07, 6.45) is -1.38. The van der Waals surface area contributed by atoms with Gasteiger partial charge in [-0.3, -0.25) is 0 Å². The Balaban J connectivity index is 1.65. The van der Waals surface area contributed by atoms with Crippen molar-refractivity contribution in [3.63, 3.8) is 0 Å². The summed E-state index contributed by atoms with van der Waals surface area (Å²) in [5.74, 6) is 0. The highest BCUT2D eigenvalue weighted by Crippen LogP contribution is 2.42. The van der Waals surface area contributed by atoms with E-state index in [0.717, 1.165) is 10.5 Å². The van der Waals surface area contributed by atoms with E-state index in [4.69, 9.17) is 23.1 Å². The first-order chi connectivity index (χ1) is 16.0. The van der Waals surface area contributed by atoms with Crippen molar-refractivity contribution in [1.29, 1.82) is 0 Å². The molecule has 0 bridgehead atoms. The van der Waals surface area contributed by atoms with Gasteiger partial charge in [-0.25, -0.2) is 0 Å². The van der Waals surface area contributed by atoms with E-state index in [1.165, 1.54) is 5.56 Å². The minimum atomic E-state index is -1.92. The Kier molecular flexibility index (Phi) is 8.11. The highest BCUT2D eigenvalue weighted by Gasteiger charge is 2.53. The van der Waals surface area contributed by atoms with Gasteiger partial charge in [0, 0.05) is 10.5 Å². The fraction of sp³-hybridized carbons (Fsp3) is 0.538. The van der Waals surface area contributed by atoms with Gasteiger partial charge in [-0.1, -0.05) is 59.8 Å². The molecular weight excluding hydrogens is 481 g/mol. The predicted molar refractivity (Wildman–Crippen MR) is 142 cm³/mol. The third-order valence-corrected chi connectivity index (χ3v) is 8.72. The smallest absolute Gasteiger partial charge is 0.184 e. The van der Waals surface area contributed by atoms with E-state index in [-0.39, 0.29) is 29.9 Å². The van der Waals surface area contributed by atoms with Gasteiger partial charge in [0.15, 0.2) is 22.9 Å². The van der Waals surface area contributed by atoms with Gasteiger partial charge in [-0.05, 0) is 58.3 Å². The lowest BCUT2D eigenvalue weighted by molar-refractivity contribution is -0.314. The molecule has 2 aromatic rings. The Labute approximate surface area is 210 Å². The van der Waals surface area contributed by atoms with E-state index in [0.29, 0.717) is 6.61 Å². The van der Waals surface area contributed by atoms with Gasteiger partial charge >= 0.3 is 0 Å². The summed E-state index contributed by atoms with van der Waals surface area (Å²) in [6.45, 7) is 15.9. The molecular formula is C26H38O5SSi2. The number of benzene rings is 2. The zero-order valence-electron chi connectivity index (χ0n) is 21.3. The van der Waals surface area contributed by atoms with Crippen LogP contribution in [0.5, 0.6) is 0 Å². The summed E-state index contributed by atoms with van der Waals surface area (Å²) in [5.41, 5.74) is 2.04. The normalized spacial score (nSPS) is 30.1. The summed E-state index contributed by atoms with van der Waals surface area (Å²) in [6, 6.07) is 18.7. The van der Waals surface area contributed by atoms with Crippen molar-refractivity contribution in [2.45, 2.75) is 87.2 Å². The minimum Gasteiger partial charge on any atom is -0.409 e. The monoisotopic (exact) mass is 518 g/mol. The molecule has 0 spiro atoms. The maximum absolute atomic E-state index is 6.84. The second kappa shape index (κ2) is 10.6. The molecule has 8 heteroatoms. The van der Waals surface area contributed by atoms with Crippen LogP contribution < -0.4 is 0 Å². The molecule has 2 heterocycles. The molecule has 0 amide bonds. The van der Waals surface area contributed by atoms with Crippen LogP contribution in [0.25, 0.3) is 0 Å². The summed E-state index contributed by atoms with van der Waals surface area (Å²) in [4.78, 5) is 1.16. The lowest BCUT2D eigenvalue weighted by atomic mass is 9.99. The van der Waals surface area contributed by atoms with Crippen LogP contribution in [0.2, 0.25) is 39.3 Å². The number of aryl methyl sites for hydroxylation is 1. The fourth-order valence-electron chi connectivity index (χ4n) is 4.25. The van der Waals surface area contributed by atoms with Crippen molar-refractivity contribution in [1.82, 2.24) is 0 Å². The SMILES string of the molecule is Cc1ccc(S[C@@H]2O[C@@H]3COC(c4ccccc4)O[C@H]3[C@H](O[Si](C)(C)C)[C@H]2O[Si](C)(C)C)cc1. The summed E-state index contributed by atoms with van der Waals surface area (Å²) in [5, 5.41) is 0. The molecule has 0 aliphatic carbocycles. The van der Waals surface area contributed by atoms with Crippen LogP contribution in [-0.4, -0.2) is 53.1 Å². The van der Waals surface area contributed by atoms with Crippen molar-refractivity contribution in [3.05, 3.63) is 65.7 Å². The molecule has 34 heavy (non-hydrogen) atoms. The van der Waals surface area contributed by atoms with E-state index in [2.05, 4.69) is 70.5 Å². The highest BCUT2D eigenvalue weighted by atomic mass is 32.2. The molecule has 0 N–H and O–H groups in total. The molecule has 2 fully saturated rings. The predicted octanol–water partition coefficient (Wildman–Crippen LogP) is 6.37. The molecule has 2 aliphatic heterocycles. The van der Waals surface area contributed by atoms with Crippen LogP contribution in [0.4, 0.5) is 0 Å². The van der Waals surface area contributed by atoms with Crippen molar-refractivity contribution in [2.75, 3.05) is 6.61 Å². The van der Waals surface area contributed by atoms with Gasteiger partial charge in [-0.15, -0.1) is 0 Å². The number of thioether (sulfide) groups is 1. The first-order valence-corrected chi connectivity index (χ1v) is 19.7. The first kappa shape index (κ1) is 26.1. The molecule has 2 aliphatic rings. The Hall–Kier alpha value is -0.976. The average Bonchev–Trinajstić information content (AvgIpc) is 2.76. The van der Waals surface area contributed by atoms with Crippen molar-refractivity contribution in [2.24, 2.45) is 0 Å². The fourth-order valence-corrected chi connectivity index (χ4v) is 7.61. The molecule has 6 atom stereocenters. The number of ether oxygens (including phenoxy) is 3. The van der Waals surface area contributed by atoms with Gasteiger partial charge < -0.3 is 23.1 Å². The zero-order valence-corrected chi connectivity index (χ0v) is 24.1. The third kappa shape index (κ3) is 6.82. The topological polar surface area (TPSA) is 46.2 Å². The molecule has 1 unspecified atom stereocenters. The van der Waals surface area contributed by atoms with Gasteiger partial charge in [-0.2, -0.15) is 0 Å². The zero-order chi connectivity index (χ0) is 24.5. The van der Waals surface area contributed by atoms with Gasteiger partial charge in [0.1, 0.15) is 29.9 Å². The molecule has 0 saturated carbocycles. The molecule has 4 rings (SSSR count). The van der Waals surface area contributed by atoms with Crippen molar-refractivity contribution >= 4 is 28.4 Å². The summed E-state index contributed by atoms with van der Waals surface area (Å²) in [7, 11) is -3.83. The van der Waals surface area contributed by atoms with Crippen LogP contribution in [0.15, 0.2) is 59.5 Å². The van der Waals surface area contributed by atoms with Crippen LogP contribution in [0, 0.1) is 6.92 Å². The van der Waals surface area contributed by atoms with Crippen LogP contribution >= 0.6 is 11.8 Å². The van der Waals surface area contributed by atoms with Gasteiger partial charge in [0.25, 0.3) is 0 Å². The second-order valence-corrected chi connectivity index (χ2v) is 21.1. The Morgan fingerprint density at radius 2 is 1.41 bits per heavy atom. The molecule has 2 aromatic carbocycles. The molecule has 186 valence electrons. The van der Waals surface area contributed by atoms with Crippen molar-refractivity contribution in [3.8, 4) is 0 Å². The van der Waals surface area contributed by atoms with Crippen LogP contribution in [-0.2, 0) is 23.1 Å². The Morgan fingerprint density at radius 1 is 0.794 bits per heavy atom. The maximum atomic E-state index is 6.84. The largest absolute Gasteiger partial charge is 0.409 e. The van der Waals surface area contributed by atoms with Crippen LogP contribution in [0.1, 0.15) is 17.4 Å². The standard InChI is InChI=1S/C26H38O5SSi2/c1-18-13-15-20(16-14-18)32-26-24(31-34(5,6)7)23(30-33(2,3)4)22-21(28-26)17-27-25(29-22)19-11-9-8-10-12-19/h8-16,21-26H,17H2,1-7H3/t21-,22-,23+,24-,25?,26+/m1/s1. The second-order valence-electron chi connectivity index (χ2n) is 11.0. The third-order valence-electron chi connectivity index (χ3n) is 5.61. The van der Waals surface area contributed by atoms with Crippen LogP contribution in [0.3, 0.4) is 0 Å². The van der Waals surface area contributed by atoms with Gasteiger partial charge in [0.2, 0.25) is 0 Å². The highest BCUT2D eigenvalue weighted by molar-refractivity contribution is 7.99. The average molecular weight is 519 g/mol. The maximum Gasteiger partial charge on any atom is 0.184 e. The van der Waals surface area contributed by atoms with Crippen molar-refractivity contribution < 1.29 is 23.1 Å². The molecule has 0 aromatic heterocycles. The van der Waals surface area contributed by atoms with E-state index in [1.807, 2.05) is 30.3 Å². The minimum absolute atomic E-state index is 0.211. The molecule has 0 radical (unpaired) electrons. The van der Waals surface area contributed by atoms with E-state index in [1.54, 1.807) is 11.8 Å². The number of hydrogen-bond donors (Lipinski definition) is 0. The first-order valence-electron chi connectivity index (χ1n) is 12.0. The number of hydrogen-bond acceptors (Lipinski definition) is 6. The Morgan fingerprint density at radius 3 is 2.03 bits per heavy atom. The summed E-state index contributed by atoms with van der Waals surface area (Å²) < 4.78 is 33.0. The lowest BCUT2D eigenvalue weighted by Crippen LogP contribution is -2.65. The molecule has 5 nitrogen and oxygen atoms in total. The number of rotatable bonds is 7. The van der Waals surface area contributed by atoms with E-state index < -0.39 is 22.9 Å². The summed E-state index contributed by atoms with van der Waals surface area (Å²) >= 11 is 1.70. The lowest BCUT2D eigenvalue weighted by Gasteiger charge is -2.51. The number of fused-ring (bicyclic) bond motifs is 1.